The van der Waals surface area contributed by atoms with Gasteiger partial charge in [0, 0.05) is 32.2 Å². The zero-order chi connectivity index (χ0) is 22.0. The largest absolute Gasteiger partial charge is 0.415 e. The Bertz CT molecular complexity index is 1270. The van der Waals surface area contributed by atoms with Gasteiger partial charge < -0.3 is 9.32 Å². The van der Waals surface area contributed by atoms with Crippen LogP contribution in [-0.2, 0) is 0 Å². The highest BCUT2D eigenvalue weighted by molar-refractivity contribution is 5.94. The van der Waals surface area contributed by atoms with Crippen molar-refractivity contribution in [2.45, 2.75) is 6.92 Å². The molecule has 0 saturated carbocycles. The molecule has 2 aromatic carbocycles. The Hall–Kier alpha value is -4.13. The molecule has 2 aromatic heterocycles. The standard InChI is InChI=1S/C24H21N5O2.H2/c1-5-16-8-6-7-9-19(16)22-27-28-23(31-22)21-15(2)25-14-20(26-21)17-10-12-18(13-11-17)24(30)29(3)4;/h5-14H,1H2,2-4H3;1H. The molecule has 1 amide bonds. The van der Waals surface area contributed by atoms with Crippen LogP contribution in [-0.4, -0.2) is 45.1 Å². The Balaban J connectivity index is 0.00000289. The second kappa shape index (κ2) is 8.31. The lowest BCUT2D eigenvalue weighted by atomic mass is 10.1. The molecule has 0 N–H and O–H groups in total. The van der Waals surface area contributed by atoms with Gasteiger partial charge in [0.25, 0.3) is 11.8 Å². The number of amides is 1. The molecule has 31 heavy (non-hydrogen) atoms. The minimum absolute atomic E-state index is 0. The van der Waals surface area contributed by atoms with Gasteiger partial charge in [0.05, 0.1) is 17.6 Å². The predicted molar refractivity (Wildman–Crippen MR) is 121 cm³/mol. The highest BCUT2D eigenvalue weighted by atomic mass is 16.4. The monoisotopic (exact) mass is 413 g/mol. The lowest BCUT2D eigenvalue weighted by Gasteiger charge is -2.10. The summed E-state index contributed by atoms with van der Waals surface area (Å²) in [7, 11) is 3.44. The second-order valence-corrected chi connectivity index (χ2v) is 7.17. The molecule has 0 aliphatic carbocycles. The van der Waals surface area contributed by atoms with E-state index in [1.54, 1.807) is 38.5 Å². The van der Waals surface area contributed by atoms with Crippen LogP contribution < -0.4 is 0 Å². The maximum Gasteiger partial charge on any atom is 0.268 e. The van der Waals surface area contributed by atoms with Crippen molar-refractivity contribution in [1.82, 2.24) is 25.1 Å². The Labute approximate surface area is 181 Å². The minimum Gasteiger partial charge on any atom is -0.415 e. The summed E-state index contributed by atoms with van der Waals surface area (Å²) >= 11 is 0. The molecule has 0 unspecified atom stereocenters. The topological polar surface area (TPSA) is 85.0 Å². The molecular weight excluding hydrogens is 390 g/mol. The molecule has 7 heteroatoms. The van der Waals surface area contributed by atoms with Crippen molar-refractivity contribution in [2.75, 3.05) is 14.1 Å². The van der Waals surface area contributed by atoms with E-state index in [9.17, 15) is 4.79 Å². The minimum atomic E-state index is -0.0552. The van der Waals surface area contributed by atoms with E-state index < -0.39 is 0 Å². The molecule has 0 atom stereocenters. The molecule has 0 bridgehead atoms. The van der Waals surface area contributed by atoms with E-state index in [0.29, 0.717) is 34.4 Å². The third kappa shape index (κ3) is 3.98. The van der Waals surface area contributed by atoms with Gasteiger partial charge in [-0.15, -0.1) is 10.2 Å². The van der Waals surface area contributed by atoms with Crippen LogP contribution in [0.15, 0.2) is 65.7 Å². The molecule has 2 heterocycles. The molecule has 0 radical (unpaired) electrons. The van der Waals surface area contributed by atoms with Crippen LogP contribution in [0.25, 0.3) is 40.4 Å². The van der Waals surface area contributed by atoms with E-state index in [0.717, 1.165) is 16.7 Å². The van der Waals surface area contributed by atoms with E-state index in [1.165, 1.54) is 4.90 Å². The number of aryl methyl sites for hydroxylation is 1. The third-order valence-electron chi connectivity index (χ3n) is 4.83. The van der Waals surface area contributed by atoms with Gasteiger partial charge in [-0.1, -0.05) is 43.0 Å². The Morgan fingerprint density at radius 1 is 1.06 bits per heavy atom. The highest BCUT2D eigenvalue weighted by Crippen LogP contribution is 2.28. The van der Waals surface area contributed by atoms with Crippen molar-refractivity contribution in [2.24, 2.45) is 0 Å². The molecule has 0 aliphatic rings. The molecular formula is C24H23N5O2. The van der Waals surface area contributed by atoms with Crippen LogP contribution in [0.5, 0.6) is 0 Å². The van der Waals surface area contributed by atoms with Gasteiger partial charge in [-0.25, -0.2) is 4.98 Å². The maximum absolute atomic E-state index is 12.1. The highest BCUT2D eigenvalue weighted by Gasteiger charge is 2.17. The Kier molecular flexibility index (Phi) is 5.41. The average molecular weight is 413 g/mol. The first-order valence-electron chi connectivity index (χ1n) is 9.69. The van der Waals surface area contributed by atoms with E-state index in [1.807, 2.05) is 43.3 Å². The third-order valence-corrected chi connectivity index (χ3v) is 4.83. The van der Waals surface area contributed by atoms with Crippen molar-refractivity contribution >= 4 is 12.0 Å². The fourth-order valence-corrected chi connectivity index (χ4v) is 3.13. The summed E-state index contributed by atoms with van der Waals surface area (Å²) in [5.74, 6) is 0.629. The second-order valence-electron chi connectivity index (χ2n) is 7.17. The van der Waals surface area contributed by atoms with Gasteiger partial charge in [0.15, 0.2) is 0 Å². The summed E-state index contributed by atoms with van der Waals surface area (Å²) in [4.78, 5) is 22.8. The first-order chi connectivity index (χ1) is 15.0. The number of carbonyl (C=O) groups is 1. The van der Waals surface area contributed by atoms with E-state index >= 15 is 0 Å². The van der Waals surface area contributed by atoms with Crippen molar-refractivity contribution in [3.8, 4) is 34.3 Å². The van der Waals surface area contributed by atoms with Crippen LogP contribution >= 0.6 is 0 Å². The normalized spacial score (nSPS) is 10.7. The lowest BCUT2D eigenvalue weighted by Crippen LogP contribution is -2.21. The van der Waals surface area contributed by atoms with Crippen LogP contribution in [0.1, 0.15) is 23.0 Å². The number of hydrogen-bond acceptors (Lipinski definition) is 6. The summed E-state index contributed by atoms with van der Waals surface area (Å²) in [6, 6.07) is 14.9. The van der Waals surface area contributed by atoms with Gasteiger partial charge in [-0.2, -0.15) is 0 Å². The summed E-state index contributed by atoms with van der Waals surface area (Å²) in [6.45, 7) is 5.67. The lowest BCUT2D eigenvalue weighted by molar-refractivity contribution is 0.0827. The quantitative estimate of drug-likeness (QED) is 0.469. The van der Waals surface area contributed by atoms with Gasteiger partial charge in [0.1, 0.15) is 5.69 Å². The van der Waals surface area contributed by atoms with Crippen molar-refractivity contribution < 1.29 is 10.6 Å². The van der Waals surface area contributed by atoms with Gasteiger partial charge in [0.2, 0.25) is 5.89 Å². The predicted octanol–water partition coefficient (Wildman–Crippen LogP) is 4.76. The first-order valence-corrected chi connectivity index (χ1v) is 9.69. The summed E-state index contributed by atoms with van der Waals surface area (Å²) in [5.41, 5.74) is 4.99. The SMILES string of the molecule is C=Cc1ccccc1-c1nnc(-c2nc(-c3ccc(C(=O)N(C)C)cc3)cnc2C)o1.[HH]. The van der Waals surface area contributed by atoms with Crippen LogP contribution in [0, 0.1) is 6.92 Å². The fourth-order valence-electron chi connectivity index (χ4n) is 3.13. The number of carbonyl (C=O) groups excluding carboxylic acids is 1. The van der Waals surface area contributed by atoms with Gasteiger partial charge in [-0.05, 0) is 30.7 Å². The van der Waals surface area contributed by atoms with Crippen LogP contribution in [0.2, 0.25) is 0 Å². The molecule has 4 aromatic rings. The Morgan fingerprint density at radius 2 is 1.77 bits per heavy atom. The van der Waals surface area contributed by atoms with E-state index in [2.05, 4.69) is 21.8 Å². The zero-order valence-corrected chi connectivity index (χ0v) is 17.5. The summed E-state index contributed by atoms with van der Waals surface area (Å²) < 4.78 is 5.92. The smallest absolute Gasteiger partial charge is 0.268 e. The maximum atomic E-state index is 12.1. The summed E-state index contributed by atoms with van der Waals surface area (Å²) in [6.07, 6.45) is 3.43. The van der Waals surface area contributed by atoms with Crippen LogP contribution in [0.4, 0.5) is 0 Å². The molecule has 0 fully saturated rings. The molecule has 0 saturated heterocycles. The number of aromatic nitrogens is 4. The van der Waals surface area contributed by atoms with Gasteiger partial charge >= 0.3 is 0 Å². The number of hydrogen-bond donors (Lipinski definition) is 0. The van der Waals surface area contributed by atoms with E-state index in [4.69, 9.17) is 9.40 Å². The first kappa shape index (κ1) is 20.2. The van der Waals surface area contributed by atoms with E-state index in [-0.39, 0.29) is 7.33 Å². The molecule has 0 aliphatic heterocycles. The van der Waals surface area contributed by atoms with Crippen LogP contribution in [0.3, 0.4) is 0 Å². The van der Waals surface area contributed by atoms with Crippen molar-refractivity contribution in [3.63, 3.8) is 0 Å². The Morgan fingerprint density at radius 3 is 2.48 bits per heavy atom. The number of benzene rings is 2. The molecule has 7 nitrogen and oxygen atoms in total. The molecule has 4 rings (SSSR count). The van der Waals surface area contributed by atoms with Crippen molar-refractivity contribution in [3.05, 3.63) is 78.1 Å². The van der Waals surface area contributed by atoms with Crippen molar-refractivity contribution in [1.29, 1.82) is 0 Å². The molecule has 0 spiro atoms. The summed E-state index contributed by atoms with van der Waals surface area (Å²) in [5, 5.41) is 8.38. The number of nitrogens with zero attached hydrogens (tertiary/aromatic N) is 5. The number of rotatable bonds is 5. The fraction of sp³-hybridized carbons (Fsp3) is 0.125. The average Bonchev–Trinajstić information content (AvgIpc) is 3.29. The molecule has 156 valence electrons. The van der Waals surface area contributed by atoms with Gasteiger partial charge in [-0.3, -0.25) is 9.78 Å². The zero-order valence-electron chi connectivity index (χ0n) is 17.5.